The van der Waals surface area contributed by atoms with Gasteiger partial charge >= 0.3 is 0 Å². The summed E-state index contributed by atoms with van der Waals surface area (Å²) in [7, 11) is -1.29. The van der Waals surface area contributed by atoms with E-state index in [-0.39, 0.29) is 28.6 Å². The Labute approximate surface area is 267 Å². The molecule has 0 aliphatic heterocycles. The molecule has 0 N–H and O–H groups in total. The molecule has 43 heavy (non-hydrogen) atoms. The molecule has 0 aromatic heterocycles. The molecule has 0 aliphatic rings. The SMILES string of the molecule is O=C(CP(c1ccccc1)c1ccccc1)[c-]1[cH-][cH-][cH-][cH-]1.O=C(CP(c1ccccc1)c1ccccc1)[c-]1cccc1.[Fe]. The second kappa shape index (κ2) is 16.8. The van der Waals surface area contributed by atoms with Gasteiger partial charge < -0.3 is 39.4 Å². The minimum atomic E-state index is -0.645. The Morgan fingerprint density at radius 3 is 1.16 bits per heavy atom. The van der Waals surface area contributed by atoms with Gasteiger partial charge in [-0.05, 0) is 29.1 Å². The summed E-state index contributed by atoms with van der Waals surface area (Å²) in [5.74, 6) is 0.442. The molecule has 0 radical (unpaired) electrons. The molecular weight excluding hydrogens is 606 g/mol. The Bertz CT molecular complexity index is 1430. The average molecular weight is 638 g/mol. The fourth-order valence-corrected chi connectivity index (χ4v) is 9.08. The molecule has 0 bridgehead atoms. The molecule has 6 rings (SSSR count). The fraction of sp³-hybridized carbons (Fsp3) is 0.0526. The van der Waals surface area contributed by atoms with Crippen LogP contribution in [-0.4, -0.2) is 23.9 Å². The van der Waals surface area contributed by atoms with Crippen molar-refractivity contribution in [2.24, 2.45) is 0 Å². The summed E-state index contributed by atoms with van der Waals surface area (Å²) in [5.41, 5.74) is 1.63. The van der Waals surface area contributed by atoms with Crippen LogP contribution in [-0.2, 0) is 17.1 Å². The molecular formula is C38H32FeO2P2-6. The van der Waals surface area contributed by atoms with Gasteiger partial charge in [-0.1, -0.05) is 141 Å². The predicted molar refractivity (Wildman–Crippen MR) is 181 cm³/mol. The van der Waals surface area contributed by atoms with Crippen molar-refractivity contribution in [2.45, 2.75) is 0 Å². The zero-order valence-electron chi connectivity index (χ0n) is 23.6. The molecule has 220 valence electrons. The summed E-state index contributed by atoms with van der Waals surface area (Å²) in [6.07, 6.45) is 1.13. The number of carbonyl (C=O) groups excluding carboxylic acids is 2. The molecule has 0 saturated carbocycles. The summed E-state index contributed by atoms with van der Waals surface area (Å²) < 4.78 is 0. The van der Waals surface area contributed by atoms with Crippen molar-refractivity contribution in [2.75, 3.05) is 12.3 Å². The van der Waals surface area contributed by atoms with Crippen LogP contribution >= 0.6 is 15.8 Å². The quantitative estimate of drug-likeness (QED) is 0.0677. The van der Waals surface area contributed by atoms with Crippen molar-refractivity contribution in [3.8, 4) is 0 Å². The van der Waals surface area contributed by atoms with Crippen LogP contribution in [0.5, 0.6) is 0 Å². The Balaban J connectivity index is 0.000000192. The molecule has 6 aromatic rings. The van der Waals surface area contributed by atoms with Crippen LogP contribution < -0.4 is 21.2 Å². The Hall–Kier alpha value is -3.70. The number of ketones is 2. The third-order valence-corrected chi connectivity index (χ3v) is 11.7. The molecule has 0 aliphatic carbocycles. The second-order valence-electron chi connectivity index (χ2n) is 9.71. The van der Waals surface area contributed by atoms with Gasteiger partial charge in [-0.2, -0.15) is 12.1 Å². The van der Waals surface area contributed by atoms with Gasteiger partial charge in [0.25, 0.3) is 0 Å². The Morgan fingerprint density at radius 2 is 0.814 bits per heavy atom. The van der Waals surface area contributed by atoms with Crippen molar-refractivity contribution in [3.05, 3.63) is 181 Å². The largest absolute Gasteiger partial charge is 0.718 e. The first-order valence-electron chi connectivity index (χ1n) is 13.9. The number of hydrogen-bond acceptors (Lipinski definition) is 2. The molecule has 0 fully saturated rings. The number of hydrogen-bond donors (Lipinski definition) is 0. The summed E-state index contributed by atoms with van der Waals surface area (Å²) in [6.45, 7) is 0. The normalized spacial score (nSPS) is 10.5. The van der Waals surface area contributed by atoms with Gasteiger partial charge in [0.05, 0.1) is 0 Å². The molecule has 0 spiro atoms. The average Bonchev–Trinajstić information content (AvgIpc) is 3.80. The standard InChI is InChI=1S/2C19H16OP.Fe/c2*20-19(16-9-7-8-10-16)15-21(17-11-3-1-4-12-17)18-13-5-2-6-14-18;/h2*1-14H,15H2;/q-5;-1;. The van der Waals surface area contributed by atoms with Crippen LogP contribution in [0.2, 0.25) is 0 Å². The van der Waals surface area contributed by atoms with E-state index in [1.165, 1.54) is 21.2 Å². The van der Waals surface area contributed by atoms with Gasteiger partial charge in [-0.3, -0.25) is 5.78 Å². The van der Waals surface area contributed by atoms with E-state index in [1.54, 1.807) is 0 Å². The van der Waals surface area contributed by atoms with E-state index >= 15 is 0 Å². The van der Waals surface area contributed by atoms with Gasteiger partial charge in [0.1, 0.15) is 5.78 Å². The van der Waals surface area contributed by atoms with Crippen LogP contribution in [0.1, 0.15) is 20.7 Å². The number of Topliss-reactive ketones (excluding diaryl/α,β-unsaturated/α-hetero) is 2. The van der Waals surface area contributed by atoms with Crippen molar-refractivity contribution in [3.63, 3.8) is 0 Å². The maximum absolute atomic E-state index is 12.5. The van der Waals surface area contributed by atoms with Crippen molar-refractivity contribution in [1.82, 2.24) is 0 Å². The smallest absolute Gasteiger partial charge is 0.113 e. The van der Waals surface area contributed by atoms with Crippen LogP contribution in [0.15, 0.2) is 170 Å². The summed E-state index contributed by atoms with van der Waals surface area (Å²) >= 11 is 0. The second-order valence-corrected chi connectivity index (χ2v) is 14.1. The molecule has 6 aromatic carbocycles. The maximum Gasteiger partial charge on any atom is 0.113 e. The van der Waals surface area contributed by atoms with Gasteiger partial charge in [0, 0.05) is 23.2 Å². The first-order chi connectivity index (χ1) is 20.7. The first-order valence-corrected chi connectivity index (χ1v) is 17.0. The zero-order valence-corrected chi connectivity index (χ0v) is 26.5. The molecule has 2 nitrogen and oxygen atoms in total. The van der Waals surface area contributed by atoms with E-state index in [2.05, 4.69) is 48.5 Å². The third-order valence-electron chi connectivity index (χ3n) is 6.84. The Kier molecular flexibility index (Phi) is 12.6. The molecule has 0 saturated heterocycles. The third kappa shape index (κ3) is 9.14. The first kappa shape index (κ1) is 32.2. The summed E-state index contributed by atoms with van der Waals surface area (Å²) in [6, 6.07) is 56.6. The van der Waals surface area contributed by atoms with Gasteiger partial charge in [-0.15, -0.1) is 0 Å². The summed E-state index contributed by atoms with van der Waals surface area (Å²) in [4.78, 5) is 25.0. The van der Waals surface area contributed by atoms with Crippen LogP contribution in [0.4, 0.5) is 0 Å². The van der Waals surface area contributed by atoms with E-state index in [0.717, 1.165) is 11.1 Å². The zero-order chi connectivity index (χ0) is 29.0. The molecule has 5 heteroatoms. The number of benzene rings is 4. The van der Waals surface area contributed by atoms with E-state index in [4.69, 9.17) is 0 Å². The van der Waals surface area contributed by atoms with Crippen molar-refractivity contribution in [1.29, 1.82) is 0 Å². The monoisotopic (exact) mass is 638 g/mol. The minimum Gasteiger partial charge on any atom is -0.718 e. The van der Waals surface area contributed by atoms with E-state index in [0.29, 0.717) is 12.3 Å². The van der Waals surface area contributed by atoms with Gasteiger partial charge in [-0.25, -0.2) is 12.1 Å². The van der Waals surface area contributed by atoms with E-state index < -0.39 is 15.8 Å². The minimum absolute atomic E-state index is 0. The van der Waals surface area contributed by atoms with Crippen LogP contribution in [0.25, 0.3) is 0 Å². The molecule has 0 unspecified atom stereocenters. The van der Waals surface area contributed by atoms with Crippen LogP contribution in [0, 0.1) is 0 Å². The number of rotatable bonds is 10. The summed E-state index contributed by atoms with van der Waals surface area (Å²) in [5, 5.41) is 4.99. The predicted octanol–water partition coefficient (Wildman–Crippen LogP) is 7.44. The van der Waals surface area contributed by atoms with Crippen molar-refractivity contribution >= 4 is 48.6 Å². The molecule has 0 atom stereocenters. The Morgan fingerprint density at radius 1 is 0.488 bits per heavy atom. The van der Waals surface area contributed by atoms with E-state index in [9.17, 15) is 9.59 Å². The van der Waals surface area contributed by atoms with Crippen molar-refractivity contribution < 1.29 is 26.7 Å². The number of carbonyl (C=O) groups is 2. The van der Waals surface area contributed by atoms with E-state index in [1.807, 2.05) is 121 Å². The van der Waals surface area contributed by atoms with Crippen LogP contribution in [0.3, 0.4) is 0 Å². The fourth-order valence-electron chi connectivity index (χ4n) is 4.68. The molecule has 0 amide bonds. The molecule has 0 heterocycles. The topological polar surface area (TPSA) is 34.1 Å². The maximum atomic E-state index is 12.5. The van der Waals surface area contributed by atoms with Gasteiger partial charge in [0.2, 0.25) is 0 Å². The van der Waals surface area contributed by atoms with Gasteiger partial charge in [0.15, 0.2) is 0 Å².